The molecule has 0 saturated heterocycles. The van der Waals surface area contributed by atoms with Gasteiger partial charge in [0.25, 0.3) is 0 Å². The predicted molar refractivity (Wildman–Crippen MR) is 108 cm³/mol. The van der Waals surface area contributed by atoms with Gasteiger partial charge in [-0.15, -0.1) is 0 Å². The number of nitrogens with one attached hydrogen (secondary N) is 1. The molecule has 0 aliphatic carbocycles. The first-order valence-electron chi connectivity index (χ1n) is 8.22. The molecule has 3 aromatic rings. The maximum absolute atomic E-state index is 12.5. The van der Waals surface area contributed by atoms with Gasteiger partial charge in [-0.05, 0) is 42.0 Å². The largest absolute Gasteiger partial charge is 0.446 e. The van der Waals surface area contributed by atoms with Gasteiger partial charge in [0, 0.05) is 4.47 Å². The Morgan fingerprint density at radius 3 is 2.04 bits per heavy atom. The van der Waals surface area contributed by atoms with Crippen LogP contribution in [0, 0.1) is 0 Å². The molecule has 0 aromatic heterocycles. The van der Waals surface area contributed by atoms with E-state index in [9.17, 15) is 4.79 Å². The summed E-state index contributed by atoms with van der Waals surface area (Å²) in [6.45, 7) is 0. The van der Waals surface area contributed by atoms with Crippen molar-refractivity contribution in [3.8, 4) is 11.5 Å². The lowest BCUT2D eigenvalue weighted by Crippen LogP contribution is -2.40. The maximum atomic E-state index is 12.5. The SMILES string of the molecule is O=C(N/N=C/c1cccc(Br)c1)C(Oc1ccccc1)Oc1ccccc1. The summed E-state index contributed by atoms with van der Waals surface area (Å²) in [4.78, 5) is 12.5. The Balaban J connectivity index is 1.69. The fourth-order valence-electron chi connectivity index (χ4n) is 2.19. The normalized spacial score (nSPS) is 10.7. The first-order chi connectivity index (χ1) is 13.2. The molecule has 0 atom stereocenters. The Morgan fingerprint density at radius 2 is 1.48 bits per heavy atom. The van der Waals surface area contributed by atoms with E-state index in [0.29, 0.717) is 11.5 Å². The Kier molecular flexibility index (Phi) is 6.60. The van der Waals surface area contributed by atoms with E-state index in [-0.39, 0.29) is 0 Å². The average Bonchev–Trinajstić information content (AvgIpc) is 2.69. The average molecular weight is 425 g/mol. The minimum absolute atomic E-state index is 0.518. The van der Waals surface area contributed by atoms with Gasteiger partial charge in [-0.3, -0.25) is 4.79 Å². The van der Waals surface area contributed by atoms with Gasteiger partial charge in [-0.1, -0.05) is 64.5 Å². The minimum Gasteiger partial charge on any atom is -0.446 e. The minimum atomic E-state index is -1.19. The lowest BCUT2D eigenvalue weighted by atomic mass is 10.2. The van der Waals surface area contributed by atoms with Crippen LogP contribution in [0.5, 0.6) is 11.5 Å². The van der Waals surface area contributed by atoms with Crippen molar-refractivity contribution in [3.05, 3.63) is 95.0 Å². The lowest BCUT2D eigenvalue weighted by molar-refractivity contribution is -0.140. The molecule has 6 heteroatoms. The molecule has 0 saturated carbocycles. The van der Waals surface area contributed by atoms with Crippen molar-refractivity contribution in [2.24, 2.45) is 5.10 Å². The second-order valence-electron chi connectivity index (χ2n) is 5.48. The predicted octanol–water partition coefficient (Wildman–Crippen LogP) is 4.38. The topological polar surface area (TPSA) is 59.9 Å². The second kappa shape index (κ2) is 9.54. The third-order valence-electron chi connectivity index (χ3n) is 3.42. The number of amides is 1. The van der Waals surface area contributed by atoms with Crippen LogP contribution in [0.25, 0.3) is 0 Å². The number of para-hydroxylation sites is 2. The summed E-state index contributed by atoms with van der Waals surface area (Å²) in [6.07, 6.45) is 0.361. The van der Waals surface area contributed by atoms with Crippen LogP contribution < -0.4 is 14.9 Å². The van der Waals surface area contributed by atoms with Crippen molar-refractivity contribution >= 4 is 28.1 Å². The van der Waals surface area contributed by atoms with Gasteiger partial charge in [-0.2, -0.15) is 5.10 Å². The van der Waals surface area contributed by atoms with Crippen molar-refractivity contribution in [3.63, 3.8) is 0 Å². The van der Waals surface area contributed by atoms with Crippen molar-refractivity contribution in [2.45, 2.75) is 6.29 Å². The lowest BCUT2D eigenvalue weighted by Gasteiger charge is -2.18. The molecule has 0 fully saturated rings. The van der Waals surface area contributed by atoms with Gasteiger partial charge < -0.3 is 9.47 Å². The number of carbonyl (C=O) groups excluding carboxylic acids is 1. The third kappa shape index (κ3) is 5.97. The first-order valence-corrected chi connectivity index (χ1v) is 9.02. The maximum Gasteiger partial charge on any atom is 0.323 e. The molecule has 0 aliphatic heterocycles. The van der Waals surface area contributed by atoms with Crippen LogP contribution in [0.4, 0.5) is 0 Å². The summed E-state index contributed by atoms with van der Waals surface area (Å²) in [5.41, 5.74) is 3.30. The van der Waals surface area contributed by atoms with Crippen LogP contribution in [-0.4, -0.2) is 18.4 Å². The third-order valence-corrected chi connectivity index (χ3v) is 3.92. The van der Waals surface area contributed by atoms with E-state index in [2.05, 4.69) is 26.5 Å². The number of halogens is 1. The molecule has 1 amide bonds. The van der Waals surface area contributed by atoms with Gasteiger partial charge in [0.05, 0.1) is 6.21 Å². The quantitative estimate of drug-likeness (QED) is 0.347. The molecule has 0 radical (unpaired) electrons. The van der Waals surface area contributed by atoms with Crippen LogP contribution in [0.2, 0.25) is 0 Å². The van der Waals surface area contributed by atoms with Gasteiger partial charge in [-0.25, -0.2) is 5.43 Å². The summed E-state index contributed by atoms with van der Waals surface area (Å²) in [5, 5.41) is 3.98. The number of hydrogen-bond acceptors (Lipinski definition) is 4. The summed E-state index contributed by atoms with van der Waals surface area (Å²) in [7, 11) is 0. The van der Waals surface area contributed by atoms with Crippen LogP contribution in [-0.2, 0) is 4.79 Å². The van der Waals surface area contributed by atoms with Crippen LogP contribution in [0.15, 0.2) is 94.5 Å². The summed E-state index contributed by atoms with van der Waals surface area (Å²) in [6, 6.07) is 25.5. The van der Waals surface area contributed by atoms with E-state index in [0.717, 1.165) is 10.0 Å². The highest BCUT2D eigenvalue weighted by Crippen LogP contribution is 2.16. The van der Waals surface area contributed by atoms with Crippen molar-refractivity contribution in [2.75, 3.05) is 0 Å². The van der Waals surface area contributed by atoms with E-state index in [1.807, 2.05) is 60.7 Å². The number of nitrogens with zero attached hydrogens (tertiary/aromatic N) is 1. The van der Waals surface area contributed by atoms with Gasteiger partial charge in [0.15, 0.2) is 0 Å². The van der Waals surface area contributed by atoms with E-state index in [4.69, 9.17) is 9.47 Å². The second-order valence-corrected chi connectivity index (χ2v) is 6.40. The molecule has 136 valence electrons. The fraction of sp³-hybridized carbons (Fsp3) is 0.0476. The Morgan fingerprint density at radius 1 is 0.889 bits per heavy atom. The molecule has 1 N–H and O–H groups in total. The van der Waals surface area contributed by atoms with Crippen molar-refractivity contribution < 1.29 is 14.3 Å². The van der Waals surface area contributed by atoms with Crippen LogP contribution in [0.1, 0.15) is 5.56 Å². The Hall–Kier alpha value is -3.12. The van der Waals surface area contributed by atoms with Gasteiger partial charge in [0.1, 0.15) is 11.5 Å². The van der Waals surface area contributed by atoms with Gasteiger partial charge >= 0.3 is 12.2 Å². The highest BCUT2D eigenvalue weighted by Gasteiger charge is 2.22. The highest BCUT2D eigenvalue weighted by molar-refractivity contribution is 9.10. The summed E-state index contributed by atoms with van der Waals surface area (Å²) < 4.78 is 12.3. The van der Waals surface area contributed by atoms with Crippen molar-refractivity contribution in [1.29, 1.82) is 0 Å². The molecule has 3 aromatic carbocycles. The first kappa shape index (κ1) is 18.7. The molecular weight excluding hydrogens is 408 g/mol. The highest BCUT2D eigenvalue weighted by atomic mass is 79.9. The van der Waals surface area contributed by atoms with Crippen LogP contribution >= 0.6 is 15.9 Å². The molecule has 3 rings (SSSR count). The number of hydrogen-bond donors (Lipinski definition) is 1. The zero-order valence-electron chi connectivity index (χ0n) is 14.3. The van der Waals surface area contributed by atoms with E-state index in [1.165, 1.54) is 0 Å². The molecule has 0 unspecified atom stereocenters. The van der Waals surface area contributed by atoms with E-state index >= 15 is 0 Å². The molecule has 0 heterocycles. The zero-order valence-corrected chi connectivity index (χ0v) is 15.9. The standard InChI is InChI=1S/C21H17BrN2O3/c22-17-9-7-8-16(14-17)15-23-24-20(25)21(26-18-10-3-1-4-11-18)27-19-12-5-2-6-13-19/h1-15,21H,(H,24,25)/b23-15+. The molecule has 0 bridgehead atoms. The monoisotopic (exact) mass is 424 g/mol. The van der Waals surface area contributed by atoms with Gasteiger partial charge in [0.2, 0.25) is 0 Å². The summed E-state index contributed by atoms with van der Waals surface area (Å²) in [5.74, 6) is 0.517. The molecule has 0 aliphatic rings. The van der Waals surface area contributed by atoms with Crippen molar-refractivity contribution in [1.82, 2.24) is 5.43 Å². The number of carbonyl (C=O) groups is 1. The number of benzene rings is 3. The Labute approximate surface area is 165 Å². The number of hydrazone groups is 1. The molecule has 0 spiro atoms. The van der Waals surface area contributed by atoms with E-state index in [1.54, 1.807) is 30.5 Å². The zero-order chi connectivity index (χ0) is 18.9. The number of rotatable bonds is 7. The Bertz CT molecular complexity index is 860. The smallest absolute Gasteiger partial charge is 0.323 e. The fourth-order valence-corrected chi connectivity index (χ4v) is 2.60. The number of ether oxygens (including phenoxy) is 2. The molecule has 27 heavy (non-hydrogen) atoms. The molecule has 5 nitrogen and oxygen atoms in total. The molecular formula is C21H17BrN2O3. The summed E-state index contributed by atoms with van der Waals surface area (Å²) >= 11 is 3.39. The van der Waals surface area contributed by atoms with Crippen LogP contribution in [0.3, 0.4) is 0 Å². The van der Waals surface area contributed by atoms with E-state index < -0.39 is 12.2 Å².